The third-order valence-electron chi connectivity index (χ3n) is 5.30. The van der Waals surface area contributed by atoms with Crippen LogP contribution >= 0.6 is 11.6 Å². The number of carbonyl (C=O) groups excluding carboxylic acids is 1. The van der Waals surface area contributed by atoms with Crippen LogP contribution in [0.2, 0.25) is 5.02 Å². The summed E-state index contributed by atoms with van der Waals surface area (Å²) in [7, 11) is 1.58. The number of hydrogen-bond acceptors (Lipinski definition) is 5. The van der Waals surface area contributed by atoms with Crippen LogP contribution in [0.25, 0.3) is 0 Å². The van der Waals surface area contributed by atoms with Gasteiger partial charge in [0.15, 0.2) is 5.76 Å². The van der Waals surface area contributed by atoms with Gasteiger partial charge in [-0.25, -0.2) is 4.39 Å². The zero-order chi connectivity index (χ0) is 24.2. The lowest BCUT2D eigenvalue weighted by molar-refractivity contribution is 0.0992. The fraction of sp³-hybridized carbons (Fsp3) is 0.200. The van der Waals surface area contributed by atoms with Crippen LogP contribution in [0, 0.1) is 19.7 Å². The largest absolute Gasteiger partial charge is 0.497 e. The number of nitrogens with zero attached hydrogens (tertiary/aromatic N) is 2. The van der Waals surface area contributed by atoms with Gasteiger partial charge in [-0.05, 0) is 50.2 Å². The molecule has 0 bridgehead atoms. The van der Waals surface area contributed by atoms with Gasteiger partial charge < -0.3 is 19.2 Å². The Morgan fingerprint density at radius 3 is 2.68 bits per heavy atom. The Labute approximate surface area is 201 Å². The van der Waals surface area contributed by atoms with E-state index in [0.29, 0.717) is 44.9 Å². The Morgan fingerprint density at radius 1 is 1.15 bits per heavy atom. The van der Waals surface area contributed by atoms with Crippen molar-refractivity contribution in [3.05, 3.63) is 93.9 Å². The fourth-order valence-corrected chi connectivity index (χ4v) is 3.69. The van der Waals surface area contributed by atoms with Crippen LogP contribution in [0.1, 0.15) is 33.3 Å². The average molecular weight is 484 g/mol. The molecule has 2 heterocycles. The van der Waals surface area contributed by atoms with Crippen molar-refractivity contribution < 1.29 is 23.1 Å². The third kappa shape index (κ3) is 5.07. The van der Waals surface area contributed by atoms with Gasteiger partial charge in [0, 0.05) is 16.7 Å². The van der Waals surface area contributed by atoms with E-state index in [1.807, 2.05) is 12.1 Å². The summed E-state index contributed by atoms with van der Waals surface area (Å²) in [6.45, 7) is 3.85. The molecule has 1 amide bonds. The maximum Gasteiger partial charge on any atom is 0.291 e. The molecule has 2 aromatic heterocycles. The van der Waals surface area contributed by atoms with Crippen molar-refractivity contribution >= 4 is 23.2 Å². The van der Waals surface area contributed by atoms with E-state index in [2.05, 4.69) is 10.4 Å². The number of aryl methyl sites for hydroxylation is 1. The number of nitrogens with one attached hydrogen (secondary N) is 1. The Morgan fingerprint density at radius 2 is 1.91 bits per heavy atom. The molecule has 0 spiro atoms. The van der Waals surface area contributed by atoms with E-state index in [1.54, 1.807) is 62.0 Å². The highest BCUT2D eigenvalue weighted by molar-refractivity contribution is 6.31. The minimum absolute atomic E-state index is 0.132. The second-order valence-corrected chi connectivity index (χ2v) is 8.00. The smallest absolute Gasteiger partial charge is 0.291 e. The first-order valence-electron chi connectivity index (χ1n) is 10.5. The molecule has 4 aromatic rings. The van der Waals surface area contributed by atoms with E-state index in [9.17, 15) is 9.18 Å². The van der Waals surface area contributed by atoms with Crippen molar-refractivity contribution in [3.8, 4) is 11.5 Å². The van der Waals surface area contributed by atoms with Crippen LogP contribution in [0.4, 0.5) is 10.1 Å². The molecule has 4 rings (SSSR count). The van der Waals surface area contributed by atoms with E-state index in [1.165, 1.54) is 6.07 Å². The molecule has 0 saturated heterocycles. The number of rotatable bonds is 8. The molecule has 0 aliphatic rings. The molecule has 0 aliphatic heterocycles. The first-order valence-corrected chi connectivity index (χ1v) is 10.9. The van der Waals surface area contributed by atoms with Gasteiger partial charge >= 0.3 is 0 Å². The van der Waals surface area contributed by atoms with Gasteiger partial charge in [-0.15, -0.1) is 0 Å². The third-order valence-corrected chi connectivity index (χ3v) is 5.65. The van der Waals surface area contributed by atoms with Gasteiger partial charge in [0.05, 0.1) is 30.7 Å². The molecule has 0 atom stereocenters. The van der Waals surface area contributed by atoms with Gasteiger partial charge in [0.2, 0.25) is 0 Å². The minimum atomic E-state index is -0.428. The Kier molecular flexibility index (Phi) is 6.88. The molecule has 0 unspecified atom stereocenters. The molecule has 0 radical (unpaired) electrons. The fourth-order valence-electron chi connectivity index (χ4n) is 3.46. The maximum absolute atomic E-state index is 14.2. The van der Waals surface area contributed by atoms with E-state index in [0.717, 1.165) is 0 Å². The Balaban J connectivity index is 1.43. The topological polar surface area (TPSA) is 78.5 Å². The van der Waals surface area contributed by atoms with E-state index >= 15 is 0 Å². The second-order valence-electron chi connectivity index (χ2n) is 7.59. The maximum atomic E-state index is 14.2. The highest BCUT2D eigenvalue weighted by Crippen LogP contribution is 2.25. The SMILES string of the molecule is COc1cccc(OCc2ccc(C(=O)Nc3c(C)nn(Cc4c(F)cccc4Cl)c3C)o2)c1. The number of ether oxygens (including phenoxy) is 2. The summed E-state index contributed by atoms with van der Waals surface area (Å²) in [4.78, 5) is 12.8. The molecular weight excluding hydrogens is 461 g/mol. The van der Waals surface area contributed by atoms with Crippen molar-refractivity contribution in [1.82, 2.24) is 9.78 Å². The van der Waals surface area contributed by atoms with Gasteiger partial charge in [-0.3, -0.25) is 9.48 Å². The van der Waals surface area contributed by atoms with Gasteiger partial charge in [-0.1, -0.05) is 23.7 Å². The van der Waals surface area contributed by atoms with E-state index < -0.39 is 11.7 Å². The Hall–Kier alpha value is -3.78. The Bertz CT molecular complexity index is 1310. The lowest BCUT2D eigenvalue weighted by Crippen LogP contribution is -2.13. The molecule has 9 heteroatoms. The van der Waals surface area contributed by atoms with Crippen LogP contribution in [0.3, 0.4) is 0 Å². The van der Waals surface area contributed by atoms with Crippen molar-refractivity contribution in [3.63, 3.8) is 0 Å². The number of furan rings is 1. The number of carbonyl (C=O) groups is 1. The van der Waals surface area contributed by atoms with Gasteiger partial charge in [0.25, 0.3) is 5.91 Å². The minimum Gasteiger partial charge on any atom is -0.497 e. The number of methoxy groups -OCH3 is 1. The molecule has 0 saturated carbocycles. The molecule has 0 fully saturated rings. The highest BCUT2D eigenvalue weighted by Gasteiger charge is 2.19. The zero-order valence-electron chi connectivity index (χ0n) is 18.9. The van der Waals surface area contributed by atoms with Crippen molar-refractivity contribution in [2.45, 2.75) is 27.0 Å². The average Bonchev–Trinajstić information content (AvgIpc) is 3.41. The monoisotopic (exact) mass is 483 g/mol. The number of amides is 1. The van der Waals surface area contributed by atoms with E-state index in [4.69, 9.17) is 25.5 Å². The number of anilines is 1. The number of hydrogen-bond donors (Lipinski definition) is 1. The molecular formula is C25H23ClFN3O4. The summed E-state index contributed by atoms with van der Waals surface area (Å²) in [6, 6.07) is 15.0. The molecule has 7 nitrogen and oxygen atoms in total. The molecule has 1 N–H and O–H groups in total. The molecule has 176 valence electrons. The summed E-state index contributed by atoms with van der Waals surface area (Å²) in [5.41, 5.74) is 2.12. The first kappa shape index (κ1) is 23.4. The normalized spacial score (nSPS) is 10.9. The van der Waals surface area contributed by atoms with Crippen molar-refractivity contribution in [1.29, 1.82) is 0 Å². The summed E-state index contributed by atoms with van der Waals surface area (Å²) < 4.78 is 32.3. The predicted molar refractivity (Wildman–Crippen MR) is 126 cm³/mol. The molecule has 0 aliphatic carbocycles. The van der Waals surface area contributed by atoms with Crippen molar-refractivity contribution in [2.75, 3.05) is 12.4 Å². The van der Waals surface area contributed by atoms with E-state index in [-0.39, 0.29) is 18.9 Å². The number of halogens is 2. The van der Waals surface area contributed by atoms with Crippen molar-refractivity contribution in [2.24, 2.45) is 0 Å². The van der Waals surface area contributed by atoms with Crippen LogP contribution < -0.4 is 14.8 Å². The lowest BCUT2D eigenvalue weighted by atomic mass is 10.2. The predicted octanol–water partition coefficient (Wildman–Crippen LogP) is 5.77. The molecule has 34 heavy (non-hydrogen) atoms. The second kappa shape index (κ2) is 10.0. The van der Waals surface area contributed by atoms with Crippen LogP contribution in [0.15, 0.2) is 59.0 Å². The van der Waals surface area contributed by atoms with Crippen LogP contribution in [-0.4, -0.2) is 22.8 Å². The zero-order valence-corrected chi connectivity index (χ0v) is 19.6. The summed E-state index contributed by atoms with van der Waals surface area (Å²) in [6.07, 6.45) is 0. The van der Waals surface area contributed by atoms with Crippen LogP contribution in [-0.2, 0) is 13.2 Å². The standard InChI is InChI=1S/C25H23ClFN3O4/c1-15-24(16(2)30(29-15)13-20-21(26)8-5-9-22(20)27)28-25(31)23-11-10-19(34-23)14-33-18-7-4-6-17(12-18)32-3/h4-12H,13-14H2,1-3H3,(H,28,31). The summed E-state index contributed by atoms with van der Waals surface area (Å²) in [5, 5.41) is 7.58. The molecule has 2 aromatic carbocycles. The first-order chi connectivity index (χ1) is 16.4. The summed E-state index contributed by atoms with van der Waals surface area (Å²) >= 11 is 6.15. The van der Waals surface area contributed by atoms with Gasteiger partial charge in [-0.2, -0.15) is 5.10 Å². The van der Waals surface area contributed by atoms with Gasteiger partial charge in [0.1, 0.15) is 29.7 Å². The quantitative estimate of drug-likeness (QED) is 0.344. The number of benzene rings is 2. The lowest BCUT2D eigenvalue weighted by Gasteiger charge is -2.09. The summed E-state index contributed by atoms with van der Waals surface area (Å²) in [5.74, 6) is 1.09. The number of aromatic nitrogens is 2. The highest BCUT2D eigenvalue weighted by atomic mass is 35.5. The van der Waals surface area contributed by atoms with Crippen LogP contribution in [0.5, 0.6) is 11.5 Å².